The Morgan fingerprint density at radius 2 is 2.06 bits per heavy atom. The van der Waals surface area contributed by atoms with Gasteiger partial charge in [-0.15, -0.1) is 0 Å². The van der Waals surface area contributed by atoms with Crippen molar-refractivity contribution >= 4 is 6.29 Å². The molecular formula is C15H24O. The summed E-state index contributed by atoms with van der Waals surface area (Å²) in [6.07, 6.45) is 8.49. The molecule has 0 N–H and O–H groups in total. The first-order chi connectivity index (χ1) is 7.42. The smallest absolute Gasteiger partial charge is 0.126 e. The second-order valence-electron chi connectivity index (χ2n) is 6.61. The van der Waals surface area contributed by atoms with E-state index in [1.54, 1.807) is 5.57 Å². The maximum atomic E-state index is 11.5. The zero-order chi connectivity index (χ0) is 12.0. The molecule has 0 radical (unpaired) electrons. The van der Waals surface area contributed by atoms with E-state index in [0.717, 1.165) is 6.42 Å². The monoisotopic (exact) mass is 220 g/mol. The number of rotatable bonds is 1. The number of hydrogen-bond donors (Lipinski definition) is 0. The quantitative estimate of drug-likeness (QED) is 0.482. The highest BCUT2D eigenvalue weighted by atomic mass is 16.1. The number of allylic oxidation sites excluding steroid dienone is 2. The van der Waals surface area contributed by atoms with Crippen LogP contribution >= 0.6 is 0 Å². The van der Waals surface area contributed by atoms with E-state index in [-0.39, 0.29) is 5.41 Å². The third-order valence-electron chi connectivity index (χ3n) is 5.21. The molecule has 1 heteroatoms. The maximum Gasteiger partial charge on any atom is 0.126 e. The Balaban J connectivity index is 2.42. The Morgan fingerprint density at radius 1 is 1.38 bits per heavy atom. The number of fused-ring (bicyclic) bond motifs is 1. The van der Waals surface area contributed by atoms with E-state index in [9.17, 15) is 4.79 Å². The Kier molecular flexibility index (Phi) is 2.76. The summed E-state index contributed by atoms with van der Waals surface area (Å²) in [4.78, 5) is 11.5. The average molecular weight is 220 g/mol. The molecule has 90 valence electrons. The van der Waals surface area contributed by atoms with Crippen LogP contribution in [0.4, 0.5) is 0 Å². The molecule has 0 bridgehead atoms. The van der Waals surface area contributed by atoms with Crippen LogP contribution in [-0.4, -0.2) is 6.29 Å². The third-order valence-corrected chi connectivity index (χ3v) is 5.21. The molecule has 0 spiro atoms. The molecule has 0 heterocycles. The normalized spacial score (nSPS) is 42.1. The van der Waals surface area contributed by atoms with Crippen LogP contribution in [-0.2, 0) is 4.79 Å². The van der Waals surface area contributed by atoms with Crippen LogP contribution < -0.4 is 0 Å². The lowest BCUT2D eigenvalue weighted by Crippen LogP contribution is -2.44. The van der Waals surface area contributed by atoms with Gasteiger partial charge < -0.3 is 4.79 Å². The summed E-state index contributed by atoms with van der Waals surface area (Å²) in [6.45, 7) is 9.07. The maximum absolute atomic E-state index is 11.5. The van der Waals surface area contributed by atoms with Gasteiger partial charge in [0.2, 0.25) is 0 Å². The number of carbonyl (C=O) groups excluding carboxylic acids is 1. The second-order valence-corrected chi connectivity index (χ2v) is 6.61. The minimum atomic E-state index is -0.123. The fourth-order valence-electron chi connectivity index (χ4n) is 3.68. The lowest BCUT2D eigenvalue weighted by atomic mass is 9.53. The van der Waals surface area contributed by atoms with Crippen molar-refractivity contribution in [3.05, 3.63) is 11.6 Å². The van der Waals surface area contributed by atoms with Crippen molar-refractivity contribution in [1.82, 2.24) is 0 Å². The molecule has 0 saturated heterocycles. The fourth-order valence-corrected chi connectivity index (χ4v) is 3.68. The highest BCUT2D eigenvalue weighted by molar-refractivity contribution is 5.62. The van der Waals surface area contributed by atoms with E-state index in [1.807, 2.05) is 0 Å². The van der Waals surface area contributed by atoms with Crippen molar-refractivity contribution in [1.29, 1.82) is 0 Å². The minimum Gasteiger partial charge on any atom is -0.303 e. The third kappa shape index (κ3) is 1.56. The van der Waals surface area contributed by atoms with Gasteiger partial charge in [0.25, 0.3) is 0 Å². The summed E-state index contributed by atoms with van der Waals surface area (Å²) in [7, 11) is 0. The number of hydrogen-bond acceptors (Lipinski definition) is 1. The molecule has 0 aromatic heterocycles. The molecule has 2 aliphatic carbocycles. The van der Waals surface area contributed by atoms with Crippen LogP contribution in [0.25, 0.3) is 0 Å². The predicted molar refractivity (Wildman–Crippen MR) is 67.2 cm³/mol. The fraction of sp³-hybridized carbons (Fsp3) is 0.800. The largest absolute Gasteiger partial charge is 0.303 e. The summed E-state index contributed by atoms with van der Waals surface area (Å²) in [6, 6.07) is 0. The van der Waals surface area contributed by atoms with Crippen LogP contribution in [0.15, 0.2) is 11.6 Å². The van der Waals surface area contributed by atoms with Gasteiger partial charge in [-0.3, -0.25) is 0 Å². The van der Waals surface area contributed by atoms with Crippen LogP contribution in [0.5, 0.6) is 0 Å². The van der Waals surface area contributed by atoms with E-state index in [4.69, 9.17) is 0 Å². The Labute approximate surface area is 99.3 Å². The molecule has 0 aliphatic heterocycles. The highest BCUT2D eigenvalue weighted by Gasteiger charge is 2.48. The number of carbonyl (C=O) groups is 1. The standard InChI is InChI=1S/C15H24O/c1-11-7-8-12-13(15(11,4)10-16)6-5-9-14(12,2)3/h8,10-11,13H,5-7,9H2,1-4H3/t11-,13-,15+/m1/s1. The van der Waals surface area contributed by atoms with Gasteiger partial charge in [-0.05, 0) is 36.5 Å². The van der Waals surface area contributed by atoms with Crippen LogP contribution in [0.2, 0.25) is 0 Å². The van der Waals surface area contributed by atoms with Crippen molar-refractivity contribution < 1.29 is 4.79 Å². The first kappa shape index (κ1) is 11.9. The van der Waals surface area contributed by atoms with Crippen LogP contribution in [0, 0.1) is 22.7 Å². The second kappa shape index (κ2) is 3.72. The van der Waals surface area contributed by atoms with Gasteiger partial charge in [0.05, 0.1) is 0 Å². The molecule has 1 saturated carbocycles. The van der Waals surface area contributed by atoms with Gasteiger partial charge in [-0.1, -0.05) is 45.8 Å². The predicted octanol–water partition coefficient (Wildman–Crippen LogP) is 3.98. The molecule has 1 nitrogen and oxygen atoms in total. The molecule has 0 aromatic carbocycles. The van der Waals surface area contributed by atoms with Crippen molar-refractivity contribution in [2.75, 3.05) is 0 Å². The Bertz CT molecular complexity index is 326. The van der Waals surface area contributed by atoms with Gasteiger partial charge in [0, 0.05) is 5.41 Å². The van der Waals surface area contributed by atoms with Crippen LogP contribution in [0.3, 0.4) is 0 Å². The zero-order valence-corrected chi connectivity index (χ0v) is 11.0. The molecule has 1 fully saturated rings. The van der Waals surface area contributed by atoms with E-state index < -0.39 is 0 Å². The van der Waals surface area contributed by atoms with E-state index in [0.29, 0.717) is 17.3 Å². The molecular weight excluding hydrogens is 196 g/mol. The van der Waals surface area contributed by atoms with E-state index in [1.165, 1.54) is 25.5 Å². The summed E-state index contributed by atoms with van der Waals surface area (Å²) in [5, 5.41) is 0. The molecule has 2 rings (SSSR count). The lowest BCUT2D eigenvalue weighted by Gasteiger charge is -2.50. The Morgan fingerprint density at radius 3 is 2.69 bits per heavy atom. The minimum absolute atomic E-state index is 0.123. The van der Waals surface area contributed by atoms with Gasteiger partial charge in [0.15, 0.2) is 0 Å². The molecule has 0 amide bonds. The number of aldehydes is 1. The zero-order valence-electron chi connectivity index (χ0n) is 11.0. The molecule has 3 atom stereocenters. The highest BCUT2D eigenvalue weighted by Crippen LogP contribution is 2.55. The van der Waals surface area contributed by atoms with E-state index in [2.05, 4.69) is 33.8 Å². The summed E-state index contributed by atoms with van der Waals surface area (Å²) < 4.78 is 0. The first-order valence-corrected chi connectivity index (χ1v) is 6.58. The molecule has 2 aliphatic rings. The first-order valence-electron chi connectivity index (χ1n) is 6.58. The summed E-state index contributed by atoms with van der Waals surface area (Å²) in [5.74, 6) is 0.991. The molecule has 16 heavy (non-hydrogen) atoms. The summed E-state index contributed by atoms with van der Waals surface area (Å²) >= 11 is 0. The van der Waals surface area contributed by atoms with Crippen LogP contribution in [0.1, 0.15) is 53.4 Å². The lowest BCUT2D eigenvalue weighted by molar-refractivity contribution is -0.121. The average Bonchev–Trinajstić information content (AvgIpc) is 2.23. The van der Waals surface area contributed by atoms with Gasteiger partial charge >= 0.3 is 0 Å². The van der Waals surface area contributed by atoms with Crippen molar-refractivity contribution in [3.63, 3.8) is 0 Å². The molecule has 0 unspecified atom stereocenters. The summed E-state index contributed by atoms with van der Waals surface area (Å²) in [5.41, 5.74) is 1.75. The van der Waals surface area contributed by atoms with Gasteiger partial charge in [-0.2, -0.15) is 0 Å². The van der Waals surface area contributed by atoms with Gasteiger partial charge in [-0.25, -0.2) is 0 Å². The van der Waals surface area contributed by atoms with E-state index >= 15 is 0 Å². The SMILES string of the molecule is C[C@@H]1CC=C2[C@@H](CCCC2(C)C)[C@@]1(C)C=O. The van der Waals surface area contributed by atoms with Gasteiger partial charge in [0.1, 0.15) is 6.29 Å². The van der Waals surface area contributed by atoms with Crippen molar-refractivity contribution in [2.45, 2.75) is 53.4 Å². The van der Waals surface area contributed by atoms with Crippen molar-refractivity contribution in [3.8, 4) is 0 Å². The topological polar surface area (TPSA) is 17.1 Å². The Hall–Kier alpha value is -0.590. The molecule has 0 aromatic rings. The van der Waals surface area contributed by atoms with Crippen molar-refractivity contribution in [2.24, 2.45) is 22.7 Å².